The van der Waals surface area contributed by atoms with Crippen LogP contribution in [0.5, 0.6) is 0 Å². The Kier molecular flexibility index (Phi) is 2.18. The molecule has 1 aromatic carbocycles. The van der Waals surface area contributed by atoms with Gasteiger partial charge in [-0.1, -0.05) is 5.21 Å². The molecule has 84 valence electrons. The Morgan fingerprint density at radius 1 is 1.38 bits per heavy atom. The summed E-state index contributed by atoms with van der Waals surface area (Å²) in [5, 5.41) is 7.06. The number of fused-ring (bicyclic) bond motifs is 1. The highest BCUT2D eigenvalue weighted by Crippen LogP contribution is 2.30. The topological polar surface area (TPSA) is 47.8 Å². The lowest BCUT2D eigenvalue weighted by Gasteiger charge is -2.05. The van der Waals surface area contributed by atoms with Crippen molar-refractivity contribution in [3.63, 3.8) is 0 Å². The van der Waals surface area contributed by atoms with Crippen molar-refractivity contribution in [2.75, 3.05) is 0 Å². The third-order valence-electron chi connectivity index (χ3n) is 2.07. The minimum Gasteiger partial charge on any atom is -0.273 e. The van der Waals surface area contributed by atoms with E-state index in [2.05, 4.69) is 10.3 Å². The fourth-order valence-electron chi connectivity index (χ4n) is 1.33. The van der Waals surface area contributed by atoms with Crippen molar-refractivity contribution in [1.29, 1.82) is 0 Å². The zero-order valence-electron chi connectivity index (χ0n) is 8.12. The van der Waals surface area contributed by atoms with E-state index < -0.39 is 17.6 Å². The van der Waals surface area contributed by atoms with E-state index in [1.54, 1.807) is 0 Å². The van der Waals surface area contributed by atoms with Crippen LogP contribution >= 0.6 is 0 Å². The van der Waals surface area contributed by atoms with Crippen molar-refractivity contribution in [3.05, 3.63) is 23.8 Å². The maximum Gasteiger partial charge on any atom is 0.416 e. The smallest absolute Gasteiger partial charge is 0.273 e. The van der Waals surface area contributed by atoms with Gasteiger partial charge in [0.05, 0.1) is 11.1 Å². The van der Waals surface area contributed by atoms with Crippen molar-refractivity contribution in [2.24, 2.45) is 0 Å². The predicted octanol–water partition coefficient (Wildman–Crippen LogP) is 2.11. The van der Waals surface area contributed by atoms with Crippen LogP contribution in [0.15, 0.2) is 18.2 Å². The normalized spacial score (nSPS) is 12.0. The maximum atomic E-state index is 12.4. The highest BCUT2D eigenvalue weighted by atomic mass is 19.4. The number of benzene rings is 1. The maximum absolute atomic E-state index is 12.4. The van der Waals surface area contributed by atoms with E-state index in [0.29, 0.717) is 0 Å². The summed E-state index contributed by atoms with van der Waals surface area (Å²) in [7, 11) is 0. The van der Waals surface area contributed by atoms with Crippen molar-refractivity contribution >= 4 is 16.9 Å². The van der Waals surface area contributed by atoms with Gasteiger partial charge in [-0.3, -0.25) is 4.79 Å². The van der Waals surface area contributed by atoms with Crippen LogP contribution in [-0.2, 0) is 6.18 Å². The number of aromatic nitrogens is 3. The van der Waals surface area contributed by atoms with Crippen molar-refractivity contribution < 1.29 is 18.0 Å². The standard InChI is InChI=1S/C9H6F3N3O/c1-5(16)15-8-4-6(9(10,11)12)2-3-7(8)13-14-15/h2-4H,1H3. The lowest BCUT2D eigenvalue weighted by Crippen LogP contribution is -2.09. The van der Waals surface area contributed by atoms with Gasteiger partial charge in [0.2, 0.25) is 5.91 Å². The minimum absolute atomic E-state index is 0.0577. The van der Waals surface area contributed by atoms with Crippen molar-refractivity contribution in [3.8, 4) is 0 Å². The van der Waals surface area contributed by atoms with Gasteiger partial charge >= 0.3 is 6.18 Å². The third kappa shape index (κ3) is 1.64. The van der Waals surface area contributed by atoms with Gasteiger partial charge < -0.3 is 0 Å². The number of carbonyl (C=O) groups excluding carboxylic acids is 1. The number of carbonyl (C=O) groups is 1. The lowest BCUT2D eigenvalue weighted by atomic mass is 10.2. The molecule has 0 unspecified atom stereocenters. The molecule has 0 atom stereocenters. The number of nitrogens with zero attached hydrogens (tertiary/aromatic N) is 3. The van der Waals surface area contributed by atoms with Crippen LogP contribution in [0.25, 0.3) is 11.0 Å². The van der Waals surface area contributed by atoms with Gasteiger partial charge in [0.1, 0.15) is 5.52 Å². The van der Waals surface area contributed by atoms with Crippen molar-refractivity contribution in [1.82, 2.24) is 15.0 Å². The first-order valence-electron chi connectivity index (χ1n) is 4.33. The summed E-state index contributed by atoms with van der Waals surface area (Å²) in [5.74, 6) is -0.484. The summed E-state index contributed by atoms with van der Waals surface area (Å²) in [5.41, 5.74) is -0.518. The molecule has 1 aromatic heterocycles. The number of halogens is 3. The SMILES string of the molecule is CC(=O)n1nnc2ccc(C(F)(F)F)cc21. The van der Waals surface area contributed by atoms with Gasteiger partial charge in [-0.05, 0) is 18.2 Å². The zero-order valence-corrected chi connectivity index (χ0v) is 8.12. The van der Waals surface area contributed by atoms with Gasteiger partial charge in [0.25, 0.3) is 0 Å². The van der Waals surface area contributed by atoms with Gasteiger partial charge in [-0.25, -0.2) is 0 Å². The van der Waals surface area contributed by atoms with Crippen LogP contribution in [-0.4, -0.2) is 20.9 Å². The first kappa shape index (κ1) is 10.6. The lowest BCUT2D eigenvalue weighted by molar-refractivity contribution is -0.137. The van der Waals surface area contributed by atoms with Crippen LogP contribution in [0, 0.1) is 0 Å². The first-order chi connectivity index (χ1) is 7.39. The van der Waals surface area contributed by atoms with E-state index in [4.69, 9.17) is 0 Å². The fraction of sp³-hybridized carbons (Fsp3) is 0.222. The van der Waals surface area contributed by atoms with Gasteiger partial charge in [-0.2, -0.15) is 17.9 Å². The fourth-order valence-corrected chi connectivity index (χ4v) is 1.33. The zero-order chi connectivity index (χ0) is 11.9. The van der Waals surface area contributed by atoms with Crippen LogP contribution in [0.4, 0.5) is 13.2 Å². The second-order valence-corrected chi connectivity index (χ2v) is 3.22. The van der Waals surface area contributed by atoms with E-state index >= 15 is 0 Å². The van der Waals surface area contributed by atoms with Crippen LogP contribution in [0.2, 0.25) is 0 Å². The molecule has 1 heterocycles. The summed E-state index contributed by atoms with van der Waals surface area (Å²) in [6, 6.07) is 2.95. The first-order valence-corrected chi connectivity index (χ1v) is 4.33. The molecule has 0 fully saturated rings. The molecule has 2 aromatic rings. The molecular weight excluding hydrogens is 223 g/mol. The highest BCUT2D eigenvalue weighted by Gasteiger charge is 2.31. The Labute approximate surface area is 87.7 Å². The molecule has 0 radical (unpaired) electrons. The molecule has 0 saturated carbocycles. The Bertz CT molecular complexity index is 559. The number of hydrogen-bond acceptors (Lipinski definition) is 3. The Morgan fingerprint density at radius 2 is 2.06 bits per heavy atom. The van der Waals surface area contributed by atoms with E-state index in [1.807, 2.05) is 0 Å². The Morgan fingerprint density at radius 3 is 2.62 bits per heavy atom. The minimum atomic E-state index is -4.44. The van der Waals surface area contributed by atoms with Crippen LogP contribution in [0.1, 0.15) is 17.3 Å². The summed E-state index contributed by atoms with van der Waals surface area (Å²) in [6.45, 7) is 1.20. The molecule has 0 aliphatic carbocycles. The van der Waals surface area contributed by atoms with E-state index in [0.717, 1.165) is 16.8 Å². The van der Waals surface area contributed by atoms with Gasteiger partial charge in [0.15, 0.2) is 0 Å². The second-order valence-electron chi connectivity index (χ2n) is 3.22. The summed E-state index contributed by atoms with van der Waals surface area (Å²) in [6.07, 6.45) is -4.44. The molecule has 0 spiro atoms. The average molecular weight is 229 g/mol. The highest BCUT2D eigenvalue weighted by molar-refractivity contribution is 5.87. The molecule has 7 heteroatoms. The number of rotatable bonds is 0. The molecule has 0 aliphatic rings. The summed E-state index contributed by atoms with van der Waals surface area (Å²) >= 11 is 0. The Hall–Kier alpha value is -1.92. The second kappa shape index (κ2) is 3.29. The summed E-state index contributed by atoms with van der Waals surface area (Å²) < 4.78 is 38.1. The molecule has 0 amide bonds. The number of hydrogen-bond donors (Lipinski definition) is 0. The molecule has 4 nitrogen and oxygen atoms in total. The monoisotopic (exact) mass is 229 g/mol. The molecule has 0 bridgehead atoms. The molecule has 0 N–H and O–H groups in total. The quantitative estimate of drug-likeness (QED) is 0.695. The third-order valence-corrected chi connectivity index (χ3v) is 2.07. The number of alkyl halides is 3. The van der Waals surface area contributed by atoms with Gasteiger partial charge in [-0.15, -0.1) is 5.10 Å². The van der Waals surface area contributed by atoms with Crippen molar-refractivity contribution in [2.45, 2.75) is 13.1 Å². The van der Waals surface area contributed by atoms with E-state index in [9.17, 15) is 18.0 Å². The largest absolute Gasteiger partial charge is 0.416 e. The molecule has 0 aliphatic heterocycles. The van der Waals surface area contributed by atoms with E-state index in [1.165, 1.54) is 13.0 Å². The average Bonchev–Trinajstić information content (AvgIpc) is 2.58. The Balaban J connectivity index is 2.68. The predicted molar refractivity (Wildman–Crippen MR) is 48.8 cm³/mol. The molecular formula is C9H6F3N3O. The van der Waals surface area contributed by atoms with Crippen LogP contribution in [0.3, 0.4) is 0 Å². The molecule has 2 rings (SSSR count). The van der Waals surface area contributed by atoms with Crippen LogP contribution < -0.4 is 0 Å². The van der Waals surface area contributed by atoms with Gasteiger partial charge in [0, 0.05) is 6.92 Å². The molecule has 16 heavy (non-hydrogen) atoms. The summed E-state index contributed by atoms with van der Waals surface area (Å²) in [4.78, 5) is 11.1. The molecule has 0 saturated heterocycles. The van der Waals surface area contributed by atoms with E-state index in [-0.39, 0.29) is 11.0 Å².